The van der Waals surface area contributed by atoms with E-state index < -0.39 is 17.6 Å². The van der Waals surface area contributed by atoms with Crippen LogP contribution in [0.4, 0.5) is 13.2 Å². The zero-order chi connectivity index (χ0) is 22.1. The van der Waals surface area contributed by atoms with E-state index in [2.05, 4.69) is 0 Å². The van der Waals surface area contributed by atoms with Crippen LogP contribution in [0.2, 0.25) is 0 Å². The number of halogens is 3. The summed E-state index contributed by atoms with van der Waals surface area (Å²) in [7, 11) is 1.92. The Balaban J connectivity index is 1.74. The Bertz CT molecular complexity index is 899. The SMILES string of the molecule is CC(C)N(CC(=O)N(Cc1cccn1C)C1CC1)C(=O)c1ccc(C(F)(F)F)cc1. The maximum Gasteiger partial charge on any atom is 0.416 e. The van der Waals surface area contributed by atoms with Gasteiger partial charge in [0, 0.05) is 36.6 Å². The fraction of sp³-hybridized carbons (Fsp3) is 0.455. The van der Waals surface area contributed by atoms with E-state index >= 15 is 0 Å². The second kappa shape index (κ2) is 8.53. The Morgan fingerprint density at radius 1 is 1.13 bits per heavy atom. The third-order valence-electron chi connectivity index (χ3n) is 5.34. The Kier molecular flexibility index (Phi) is 6.24. The average Bonchev–Trinajstić information content (AvgIpc) is 3.44. The van der Waals surface area contributed by atoms with Crippen LogP contribution < -0.4 is 0 Å². The van der Waals surface area contributed by atoms with Gasteiger partial charge in [0.05, 0.1) is 12.1 Å². The van der Waals surface area contributed by atoms with Gasteiger partial charge in [-0.15, -0.1) is 0 Å². The molecule has 8 heteroatoms. The van der Waals surface area contributed by atoms with E-state index in [4.69, 9.17) is 0 Å². The summed E-state index contributed by atoms with van der Waals surface area (Å²) in [5, 5.41) is 0. The van der Waals surface area contributed by atoms with Crippen LogP contribution in [0.15, 0.2) is 42.6 Å². The van der Waals surface area contributed by atoms with Gasteiger partial charge < -0.3 is 14.4 Å². The first-order valence-corrected chi connectivity index (χ1v) is 9.96. The predicted octanol–water partition coefficient (Wildman–Crippen LogP) is 4.09. The minimum Gasteiger partial charge on any atom is -0.353 e. The number of aryl methyl sites for hydroxylation is 1. The second-order valence-electron chi connectivity index (χ2n) is 7.97. The third kappa shape index (κ3) is 5.04. The van der Waals surface area contributed by atoms with Crippen molar-refractivity contribution >= 4 is 11.8 Å². The molecule has 0 atom stereocenters. The lowest BCUT2D eigenvalue weighted by atomic mass is 10.1. The Labute approximate surface area is 174 Å². The van der Waals surface area contributed by atoms with E-state index in [1.54, 1.807) is 18.7 Å². The van der Waals surface area contributed by atoms with Gasteiger partial charge in [-0.05, 0) is 63.1 Å². The number of alkyl halides is 3. The van der Waals surface area contributed by atoms with Crippen LogP contribution in [0.25, 0.3) is 0 Å². The summed E-state index contributed by atoms with van der Waals surface area (Å²) in [5.74, 6) is -0.616. The number of aromatic nitrogens is 1. The van der Waals surface area contributed by atoms with Crippen molar-refractivity contribution < 1.29 is 22.8 Å². The number of rotatable bonds is 7. The van der Waals surface area contributed by atoms with Gasteiger partial charge in [0.1, 0.15) is 6.54 Å². The molecular weight excluding hydrogens is 395 g/mol. The number of amides is 2. The van der Waals surface area contributed by atoms with Crippen LogP contribution in [-0.4, -0.2) is 44.8 Å². The van der Waals surface area contributed by atoms with E-state index in [0.29, 0.717) is 6.54 Å². The van der Waals surface area contributed by atoms with Crippen molar-refractivity contribution in [3.8, 4) is 0 Å². The quantitative estimate of drug-likeness (QED) is 0.676. The lowest BCUT2D eigenvalue weighted by molar-refractivity contribution is -0.137. The molecule has 2 aromatic rings. The zero-order valence-electron chi connectivity index (χ0n) is 17.3. The van der Waals surface area contributed by atoms with Crippen molar-refractivity contribution in [2.24, 2.45) is 7.05 Å². The summed E-state index contributed by atoms with van der Waals surface area (Å²) in [6, 6.07) is 7.86. The topological polar surface area (TPSA) is 45.6 Å². The van der Waals surface area contributed by atoms with E-state index in [1.165, 1.54) is 4.90 Å². The molecule has 0 radical (unpaired) electrons. The molecule has 0 aliphatic heterocycles. The molecular formula is C22H26F3N3O2. The van der Waals surface area contributed by atoms with Gasteiger partial charge in [0.2, 0.25) is 5.91 Å². The van der Waals surface area contributed by atoms with Gasteiger partial charge in [-0.2, -0.15) is 13.2 Å². The highest BCUT2D eigenvalue weighted by Gasteiger charge is 2.35. The molecule has 162 valence electrons. The van der Waals surface area contributed by atoms with Crippen molar-refractivity contribution in [1.82, 2.24) is 14.4 Å². The number of nitrogens with zero attached hydrogens (tertiary/aromatic N) is 3. The molecule has 0 saturated heterocycles. The van der Waals surface area contributed by atoms with Crippen LogP contribution in [0.3, 0.4) is 0 Å². The van der Waals surface area contributed by atoms with Gasteiger partial charge in [0.15, 0.2) is 0 Å². The standard InChI is InChI=1S/C22H26F3N3O2/c1-15(2)27(21(30)16-6-8-17(9-7-16)22(23,24)25)14-20(29)28(18-10-11-18)13-19-5-4-12-26(19)3/h4-9,12,15,18H,10-11,13-14H2,1-3H3. The predicted molar refractivity (Wildman–Crippen MR) is 107 cm³/mol. The summed E-state index contributed by atoms with van der Waals surface area (Å²) in [4.78, 5) is 29.2. The molecule has 2 amide bonds. The molecule has 3 rings (SSSR count). The van der Waals surface area contributed by atoms with Crippen LogP contribution in [-0.2, 0) is 24.6 Å². The van der Waals surface area contributed by atoms with Gasteiger partial charge >= 0.3 is 6.18 Å². The number of carbonyl (C=O) groups is 2. The highest BCUT2D eigenvalue weighted by molar-refractivity contribution is 5.96. The lowest BCUT2D eigenvalue weighted by Crippen LogP contribution is -2.46. The minimum absolute atomic E-state index is 0.113. The van der Waals surface area contributed by atoms with E-state index in [1.807, 2.05) is 29.9 Å². The molecule has 1 aromatic carbocycles. The average molecular weight is 421 g/mol. The van der Waals surface area contributed by atoms with Crippen molar-refractivity contribution in [3.05, 3.63) is 59.4 Å². The van der Waals surface area contributed by atoms with Crippen LogP contribution in [0.5, 0.6) is 0 Å². The van der Waals surface area contributed by atoms with Crippen molar-refractivity contribution in [2.75, 3.05) is 6.54 Å². The maximum absolute atomic E-state index is 13.1. The summed E-state index contributed by atoms with van der Waals surface area (Å²) in [6.45, 7) is 3.92. The Morgan fingerprint density at radius 2 is 1.77 bits per heavy atom. The maximum atomic E-state index is 13.1. The molecule has 1 aromatic heterocycles. The smallest absolute Gasteiger partial charge is 0.353 e. The Morgan fingerprint density at radius 3 is 2.23 bits per heavy atom. The molecule has 1 heterocycles. The summed E-state index contributed by atoms with van der Waals surface area (Å²) < 4.78 is 40.3. The van der Waals surface area contributed by atoms with E-state index in [-0.39, 0.29) is 30.1 Å². The molecule has 30 heavy (non-hydrogen) atoms. The number of hydrogen-bond acceptors (Lipinski definition) is 2. The number of benzene rings is 1. The summed E-state index contributed by atoms with van der Waals surface area (Å²) >= 11 is 0. The number of carbonyl (C=O) groups excluding carboxylic acids is 2. The van der Waals surface area contributed by atoms with Crippen LogP contribution >= 0.6 is 0 Å². The van der Waals surface area contributed by atoms with Gasteiger partial charge in [0.25, 0.3) is 5.91 Å². The highest BCUT2D eigenvalue weighted by atomic mass is 19.4. The van der Waals surface area contributed by atoms with Gasteiger partial charge in [-0.25, -0.2) is 0 Å². The van der Waals surface area contributed by atoms with Gasteiger partial charge in [-0.1, -0.05) is 0 Å². The summed E-state index contributed by atoms with van der Waals surface area (Å²) in [6.07, 6.45) is -0.675. The molecule has 1 fully saturated rings. The Hall–Kier alpha value is -2.77. The normalized spacial score (nSPS) is 14.1. The molecule has 0 N–H and O–H groups in total. The molecule has 5 nitrogen and oxygen atoms in total. The molecule has 1 aliphatic carbocycles. The monoisotopic (exact) mass is 421 g/mol. The first kappa shape index (κ1) is 21.9. The first-order valence-electron chi connectivity index (χ1n) is 9.96. The van der Waals surface area contributed by atoms with Crippen LogP contribution in [0.1, 0.15) is 48.3 Å². The van der Waals surface area contributed by atoms with Crippen molar-refractivity contribution in [2.45, 2.75) is 51.5 Å². The second-order valence-corrected chi connectivity index (χ2v) is 7.97. The zero-order valence-corrected chi connectivity index (χ0v) is 17.3. The van der Waals surface area contributed by atoms with Crippen molar-refractivity contribution in [1.29, 1.82) is 0 Å². The third-order valence-corrected chi connectivity index (χ3v) is 5.34. The minimum atomic E-state index is -4.46. The first-order chi connectivity index (χ1) is 14.1. The molecule has 0 spiro atoms. The molecule has 0 bridgehead atoms. The fourth-order valence-electron chi connectivity index (χ4n) is 3.34. The molecule has 1 saturated carbocycles. The highest BCUT2D eigenvalue weighted by Crippen LogP contribution is 2.30. The lowest BCUT2D eigenvalue weighted by Gasteiger charge is -2.30. The molecule has 1 aliphatic rings. The summed E-state index contributed by atoms with van der Waals surface area (Å²) in [5.41, 5.74) is 0.319. The van der Waals surface area contributed by atoms with Gasteiger partial charge in [-0.3, -0.25) is 9.59 Å². The number of hydrogen-bond donors (Lipinski definition) is 0. The molecule has 0 unspecified atom stereocenters. The van der Waals surface area contributed by atoms with E-state index in [9.17, 15) is 22.8 Å². The fourth-order valence-corrected chi connectivity index (χ4v) is 3.34. The van der Waals surface area contributed by atoms with Crippen LogP contribution in [0, 0.1) is 0 Å². The largest absolute Gasteiger partial charge is 0.416 e. The van der Waals surface area contributed by atoms with Crippen molar-refractivity contribution in [3.63, 3.8) is 0 Å². The van der Waals surface area contributed by atoms with E-state index in [0.717, 1.165) is 42.8 Å².